The normalized spacial score (nSPS) is 20.3. The van der Waals surface area contributed by atoms with Gasteiger partial charge in [-0.25, -0.2) is 9.49 Å². The predicted molar refractivity (Wildman–Crippen MR) is 126 cm³/mol. The van der Waals surface area contributed by atoms with Crippen LogP contribution in [0.4, 0.5) is 4.39 Å². The number of carbonyl (C=O) groups excluding carboxylic acids is 1. The van der Waals surface area contributed by atoms with Crippen molar-refractivity contribution in [2.24, 2.45) is 0 Å². The van der Waals surface area contributed by atoms with Gasteiger partial charge in [-0.1, -0.05) is 24.3 Å². The summed E-state index contributed by atoms with van der Waals surface area (Å²) in [7, 11) is -2.74. The molecule has 9 heteroatoms. The first-order chi connectivity index (χ1) is 15.9. The Bertz CT molecular complexity index is 1250. The van der Waals surface area contributed by atoms with E-state index in [9.17, 15) is 18.9 Å². The Kier molecular flexibility index (Phi) is 5.99. The molecule has 1 aromatic heterocycles. The van der Waals surface area contributed by atoms with Crippen LogP contribution in [-0.2, 0) is 16.0 Å². The standard InChI is InChI=1S/C24H26FN3O4P/c25-19-8-7-16(14-20-17-4-1-2-5-18(17)23(29)27-26-20)15-22(19)33(31)12-9-28(10-13-33)24(30)21-6-3-11-32-21/h1-2,4-5,7-8,15,21,31H,3,6,9-14H2,(H,27,29). The molecule has 2 saturated heterocycles. The van der Waals surface area contributed by atoms with Crippen molar-refractivity contribution in [1.29, 1.82) is 0 Å². The molecule has 1 radical (unpaired) electrons. The highest BCUT2D eigenvalue weighted by Gasteiger charge is 2.38. The number of hydrogen-bond acceptors (Lipinski definition) is 5. The van der Waals surface area contributed by atoms with E-state index in [1.807, 2.05) is 12.1 Å². The molecule has 5 rings (SSSR count). The number of fused-ring (bicyclic) bond motifs is 1. The maximum Gasteiger partial charge on any atom is 0.272 e. The van der Waals surface area contributed by atoms with Crippen LogP contribution in [0, 0.1) is 5.82 Å². The molecule has 173 valence electrons. The number of aromatic amines is 1. The molecule has 1 amide bonds. The molecule has 2 aliphatic rings. The Labute approximate surface area is 191 Å². The van der Waals surface area contributed by atoms with Crippen LogP contribution in [0.1, 0.15) is 24.1 Å². The molecule has 2 aromatic carbocycles. The number of hydrogen-bond donors (Lipinski definition) is 2. The van der Waals surface area contributed by atoms with Gasteiger partial charge in [0.25, 0.3) is 11.5 Å². The van der Waals surface area contributed by atoms with Gasteiger partial charge in [-0.15, -0.1) is 0 Å². The van der Waals surface area contributed by atoms with Crippen LogP contribution in [0.5, 0.6) is 0 Å². The van der Waals surface area contributed by atoms with Gasteiger partial charge in [0.1, 0.15) is 11.9 Å². The number of halogens is 1. The second-order valence-corrected chi connectivity index (χ2v) is 11.9. The minimum absolute atomic E-state index is 0.0241. The Balaban J connectivity index is 1.37. The third kappa shape index (κ3) is 4.31. The Morgan fingerprint density at radius 2 is 1.97 bits per heavy atom. The van der Waals surface area contributed by atoms with E-state index in [1.165, 1.54) is 6.07 Å². The number of ether oxygens (including phenoxy) is 1. The first-order valence-corrected chi connectivity index (χ1v) is 13.3. The fraction of sp³-hybridized carbons (Fsp3) is 0.375. The highest BCUT2D eigenvalue weighted by molar-refractivity contribution is 7.77. The lowest BCUT2D eigenvalue weighted by Crippen LogP contribution is -2.47. The van der Waals surface area contributed by atoms with E-state index in [4.69, 9.17) is 4.74 Å². The highest BCUT2D eigenvalue weighted by Crippen LogP contribution is 2.55. The van der Waals surface area contributed by atoms with Crippen LogP contribution in [0.25, 0.3) is 10.8 Å². The molecule has 2 N–H and O–H groups in total. The maximum atomic E-state index is 14.8. The van der Waals surface area contributed by atoms with E-state index >= 15 is 0 Å². The summed E-state index contributed by atoms with van der Waals surface area (Å²) in [6, 6.07) is 12.0. The van der Waals surface area contributed by atoms with Crippen molar-refractivity contribution in [3.05, 3.63) is 69.9 Å². The molecule has 7 nitrogen and oxygen atoms in total. The molecule has 0 aliphatic carbocycles. The van der Waals surface area contributed by atoms with E-state index in [-0.39, 0.29) is 17.6 Å². The van der Waals surface area contributed by atoms with E-state index in [0.717, 1.165) is 23.8 Å². The third-order valence-corrected chi connectivity index (χ3v) is 9.72. The summed E-state index contributed by atoms with van der Waals surface area (Å²) in [6.07, 6.45) is 2.37. The van der Waals surface area contributed by atoms with Gasteiger partial charge in [-0.3, -0.25) is 9.59 Å². The van der Waals surface area contributed by atoms with Gasteiger partial charge in [0.15, 0.2) is 0 Å². The highest BCUT2D eigenvalue weighted by atomic mass is 31.2. The zero-order valence-corrected chi connectivity index (χ0v) is 19.1. The van der Waals surface area contributed by atoms with Gasteiger partial charge in [0.2, 0.25) is 0 Å². The van der Waals surface area contributed by atoms with E-state index in [1.54, 1.807) is 29.2 Å². The smallest absolute Gasteiger partial charge is 0.272 e. The molecule has 1 atom stereocenters. The predicted octanol–water partition coefficient (Wildman–Crippen LogP) is 2.22. The van der Waals surface area contributed by atoms with Crippen LogP contribution in [0.2, 0.25) is 0 Å². The van der Waals surface area contributed by atoms with Crippen molar-refractivity contribution in [2.75, 3.05) is 32.0 Å². The molecule has 0 spiro atoms. The van der Waals surface area contributed by atoms with Gasteiger partial charge >= 0.3 is 0 Å². The summed E-state index contributed by atoms with van der Waals surface area (Å²) in [6.45, 7) is 1.41. The molecular formula is C24H26FN3O4P. The number of rotatable bonds is 4. The van der Waals surface area contributed by atoms with Crippen molar-refractivity contribution in [3.8, 4) is 0 Å². The molecular weight excluding hydrogens is 444 g/mol. The van der Waals surface area contributed by atoms with Crippen LogP contribution in [-0.4, -0.2) is 64.0 Å². The lowest BCUT2D eigenvalue weighted by Gasteiger charge is -2.40. The van der Waals surface area contributed by atoms with Gasteiger partial charge < -0.3 is 14.5 Å². The average molecular weight is 470 g/mol. The van der Waals surface area contributed by atoms with Crippen molar-refractivity contribution in [1.82, 2.24) is 15.1 Å². The van der Waals surface area contributed by atoms with Gasteiger partial charge in [0, 0.05) is 56.6 Å². The summed E-state index contributed by atoms with van der Waals surface area (Å²) >= 11 is 0. The molecule has 0 saturated carbocycles. The summed E-state index contributed by atoms with van der Waals surface area (Å²) in [5, 5.41) is 8.39. The number of H-pyrrole nitrogens is 1. The lowest BCUT2D eigenvalue weighted by atomic mass is 10.0. The SMILES string of the molecule is O=C(C1CCCO1)N1CC[P](O)(c2cc(Cc3n[nH]c(=O)c4ccccc34)ccc2F)CC1. The second kappa shape index (κ2) is 8.93. The van der Waals surface area contributed by atoms with Crippen LogP contribution < -0.4 is 10.9 Å². The summed E-state index contributed by atoms with van der Waals surface area (Å²) in [5.74, 6) is -0.447. The minimum atomic E-state index is -2.74. The van der Waals surface area contributed by atoms with Crippen molar-refractivity contribution in [2.45, 2.75) is 25.4 Å². The molecule has 2 aliphatic heterocycles. The van der Waals surface area contributed by atoms with E-state index in [2.05, 4.69) is 10.2 Å². The van der Waals surface area contributed by atoms with Crippen molar-refractivity contribution in [3.63, 3.8) is 0 Å². The van der Waals surface area contributed by atoms with Crippen LogP contribution >= 0.6 is 7.49 Å². The Hall–Kier alpha value is -2.67. The summed E-state index contributed by atoms with van der Waals surface area (Å²) < 4.78 is 20.4. The quantitative estimate of drug-likeness (QED) is 0.571. The Morgan fingerprint density at radius 3 is 2.70 bits per heavy atom. The number of carbonyl (C=O) groups is 1. The average Bonchev–Trinajstić information content (AvgIpc) is 3.37. The fourth-order valence-electron chi connectivity index (χ4n) is 4.72. The zero-order chi connectivity index (χ0) is 23.0. The molecule has 0 bridgehead atoms. The monoisotopic (exact) mass is 470 g/mol. The lowest BCUT2D eigenvalue weighted by molar-refractivity contribution is -0.140. The topological polar surface area (TPSA) is 95.5 Å². The third-order valence-electron chi connectivity index (χ3n) is 6.60. The molecule has 3 heterocycles. The van der Waals surface area contributed by atoms with Gasteiger partial charge in [0.05, 0.1) is 11.1 Å². The molecule has 3 aromatic rings. The molecule has 2 fully saturated rings. The van der Waals surface area contributed by atoms with Crippen molar-refractivity contribution >= 4 is 29.5 Å². The molecule has 1 unspecified atom stereocenters. The number of benzene rings is 2. The van der Waals surface area contributed by atoms with E-state index < -0.39 is 13.3 Å². The Morgan fingerprint density at radius 1 is 1.21 bits per heavy atom. The number of aromatic nitrogens is 2. The fourth-order valence-corrected chi connectivity index (χ4v) is 7.45. The largest absolute Gasteiger partial charge is 0.375 e. The van der Waals surface area contributed by atoms with Gasteiger partial charge in [-0.2, -0.15) is 5.10 Å². The van der Waals surface area contributed by atoms with Crippen molar-refractivity contribution < 1.29 is 18.8 Å². The first kappa shape index (κ1) is 22.1. The zero-order valence-electron chi connectivity index (χ0n) is 18.2. The number of nitrogens with zero attached hydrogens (tertiary/aromatic N) is 2. The molecule has 33 heavy (non-hydrogen) atoms. The van der Waals surface area contributed by atoms with Gasteiger partial charge in [-0.05, 0) is 36.6 Å². The van der Waals surface area contributed by atoms with Crippen LogP contribution in [0.15, 0.2) is 47.3 Å². The first-order valence-electron chi connectivity index (χ1n) is 11.2. The maximum absolute atomic E-state index is 14.8. The summed E-state index contributed by atoms with van der Waals surface area (Å²) in [5.41, 5.74) is 1.24. The second-order valence-electron chi connectivity index (χ2n) is 8.70. The van der Waals surface area contributed by atoms with E-state index in [0.29, 0.717) is 54.8 Å². The van der Waals surface area contributed by atoms with Crippen LogP contribution in [0.3, 0.4) is 0 Å². The number of nitrogens with one attached hydrogen (secondary N) is 1. The number of amides is 1. The summed E-state index contributed by atoms with van der Waals surface area (Å²) in [4.78, 5) is 37.9. The minimum Gasteiger partial charge on any atom is -0.375 e.